The zero-order chi connectivity index (χ0) is 10.7. The normalized spacial score (nSPS) is 10.8. The third kappa shape index (κ3) is 2.04. The van der Waals surface area contributed by atoms with Crippen LogP contribution in [0.2, 0.25) is 0 Å². The van der Waals surface area contributed by atoms with Crippen molar-refractivity contribution in [1.29, 1.82) is 0 Å². The minimum Gasteiger partial charge on any atom is -0.477 e. The number of aryl methyl sites for hydroxylation is 1. The van der Waals surface area contributed by atoms with Gasteiger partial charge in [-0.3, -0.25) is 0 Å². The van der Waals surface area contributed by atoms with Crippen LogP contribution in [0.25, 0.3) is 5.78 Å². The molecule has 2 heterocycles. The minimum absolute atomic E-state index is 0.553. The third-order valence-corrected chi connectivity index (χ3v) is 1.95. The number of hydrogen-bond acceptors (Lipinski definition) is 5. The van der Waals surface area contributed by atoms with E-state index < -0.39 is 0 Å². The molecule has 0 fully saturated rings. The molecule has 0 aromatic carbocycles. The van der Waals surface area contributed by atoms with E-state index in [4.69, 9.17) is 10.5 Å². The summed E-state index contributed by atoms with van der Waals surface area (Å²) in [6, 6.07) is 1.83. The van der Waals surface area contributed by atoms with E-state index in [0.29, 0.717) is 24.8 Å². The zero-order valence-corrected chi connectivity index (χ0v) is 8.55. The number of nitrogens with zero attached hydrogens (tertiary/aromatic N) is 4. The highest BCUT2D eigenvalue weighted by Crippen LogP contribution is 2.12. The van der Waals surface area contributed by atoms with Crippen molar-refractivity contribution in [3.05, 3.63) is 18.1 Å². The van der Waals surface area contributed by atoms with E-state index >= 15 is 0 Å². The molecule has 2 rings (SSSR count). The number of fused-ring (bicyclic) bond motifs is 1. The van der Waals surface area contributed by atoms with Gasteiger partial charge in [0, 0.05) is 11.8 Å². The lowest BCUT2D eigenvalue weighted by Crippen LogP contribution is -2.09. The first kappa shape index (κ1) is 9.85. The van der Waals surface area contributed by atoms with Gasteiger partial charge in [-0.15, -0.1) is 0 Å². The molecule has 0 spiro atoms. The van der Waals surface area contributed by atoms with E-state index in [9.17, 15) is 0 Å². The van der Waals surface area contributed by atoms with Crippen molar-refractivity contribution in [2.24, 2.45) is 5.73 Å². The molecule has 0 bridgehead atoms. The van der Waals surface area contributed by atoms with Crippen LogP contribution in [0.4, 0.5) is 0 Å². The van der Waals surface area contributed by atoms with Gasteiger partial charge < -0.3 is 10.5 Å². The maximum atomic E-state index is 5.54. The summed E-state index contributed by atoms with van der Waals surface area (Å²) >= 11 is 0. The van der Waals surface area contributed by atoms with Crippen LogP contribution in [0.15, 0.2) is 12.4 Å². The predicted octanol–water partition coefficient (Wildman–Crippen LogP) is 0.160. The van der Waals surface area contributed by atoms with Crippen LogP contribution in [0.5, 0.6) is 5.88 Å². The monoisotopic (exact) mass is 207 g/mol. The average molecular weight is 207 g/mol. The fourth-order valence-corrected chi connectivity index (χ4v) is 1.26. The maximum Gasteiger partial charge on any atom is 0.255 e. The number of nitrogens with two attached hydrogens (primary N) is 1. The Bertz CT molecular complexity index is 453. The Labute approximate surface area is 87.1 Å². The van der Waals surface area contributed by atoms with E-state index in [1.807, 2.05) is 13.0 Å². The van der Waals surface area contributed by atoms with Crippen LogP contribution >= 0.6 is 0 Å². The van der Waals surface area contributed by atoms with Crippen molar-refractivity contribution in [2.45, 2.75) is 13.3 Å². The molecule has 80 valence electrons. The van der Waals surface area contributed by atoms with Gasteiger partial charge >= 0.3 is 0 Å². The molecule has 0 atom stereocenters. The molecule has 15 heavy (non-hydrogen) atoms. The largest absolute Gasteiger partial charge is 0.477 e. The van der Waals surface area contributed by atoms with Crippen LogP contribution in [0, 0.1) is 6.92 Å². The van der Waals surface area contributed by atoms with Gasteiger partial charge in [-0.2, -0.15) is 14.6 Å². The second kappa shape index (κ2) is 4.22. The molecule has 0 saturated heterocycles. The van der Waals surface area contributed by atoms with Gasteiger partial charge in [0.2, 0.25) is 5.88 Å². The van der Waals surface area contributed by atoms with Gasteiger partial charge in [-0.25, -0.2) is 4.98 Å². The molecule has 2 aromatic heterocycles. The molecule has 2 N–H and O–H groups in total. The third-order valence-electron chi connectivity index (χ3n) is 1.95. The Kier molecular flexibility index (Phi) is 2.77. The minimum atomic E-state index is 0.553. The summed E-state index contributed by atoms with van der Waals surface area (Å²) in [4.78, 5) is 8.21. The van der Waals surface area contributed by atoms with Crippen LogP contribution in [0.3, 0.4) is 0 Å². The van der Waals surface area contributed by atoms with Crippen molar-refractivity contribution < 1.29 is 4.74 Å². The second-order valence-electron chi connectivity index (χ2n) is 3.20. The molecule has 2 aromatic rings. The summed E-state index contributed by atoms with van der Waals surface area (Å²) in [5, 5.41) is 4.03. The van der Waals surface area contributed by atoms with Crippen molar-refractivity contribution in [3.8, 4) is 5.88 Å². The highest BCUT2D eigenvalue weighted by molar-refractivity contribution is 5.32. The first-order valence-corrected chi connectivity index (χ1v) is 4.81. The Morgan fingerprint density at radius 1 is 1.53 bits per heavy atom. The summed E-state index contributed by atoms with van der Waals surface area (Å²) in [6.07, 6.45) is 2.27. The van der Waals surface area contributed by atoms with Crippen molar-refractivity contribution in [2.75, 3.05) is 13.2 Å². The van der Waals surface area contributed by atoms with E-state index in [1.165, 1.54) is 6.33 Å². The summed E-state index contributed by atoms with van der Waals surface area (Å²) in [6.45, 7) is 3.09. The molecule has 6 heteroatoms. The number of ether oxygens (including phenoxy) is 1. The van der Waals surface area contributed by atoms with E-state index in [-0.39, 0.29) is 0 Å². The molecule has 0 aliphatic heterocycles. The number of rotatable bonds is 4. The van der Waals surface area contributed by atoms with E-state index in [1.54, 1.807) is 4.52 Å². The second-order valence-corrected chi connectivity index (χ2v) is 3.20. The molecule has 0 aliphatic carbocycles. The van der Waals surface area contributed by atoms with E-state index in [2.05, 4.69) is 15.1 Å². The lowest BCUT2D eigenvalue weighted by atomic mass is 10.4. The summed E-state index contributed by atoms with van der Waals surface area (Å²) in [7, 11) is 0. The van der Waals surface area contributed by atoms with E-state index in [0.717, 1.165) is 12.1 Å². The number of aromatic nitrogens is 4. The Morgan fingerprint density at radius 3 is 3.20 bits per heavy atom. The Morgan fingerprint density at radius 2 is 2.40 bits per heavy atom. The molecule has 6 nitrogen and oxygen atoms in total. The first-order chi connectivity index (χ1) is 7.31. The van der Waals surface area contributed by atoms with Gasteiger partial charge in [0.15, 0.2) is 0 Å². The van der Waals surface area contributed by atoms with Crippen LogP contribution in [0.1, 0.15) is 12.1 Å². The van der Waals surface area contributed by atoms with Gasteiger partial charge in [-0.1, -0.05) is 0 Å². The summed E-state index contributed by atoms with van der Waals surface area (Å²) < 4.78 is 7.11. The van der Waals surface area contributed by atoms with Crippen LogP contribution in [-0.2, 0) is 0 Å². The fraction of sp³-hybridized carbons (Fsp3) is 0.444. The topological polar surface area (TPSA) is 78.3 Å². The van der Waals surface area contributed by atoms with Crippen molar-refractivity contribution in [1.82, 2.24) is 19.6 Å². The average Bonchev–Trinajstić information content (AvgIpc) is 2.65. The number of hydrogen-bond donors (Lipinski definition) is 1. The molecule has 0 aliphatic rings. The predicted molar refractivity (Wildman–Crippen MR) is 54.7 cm³/mol. The highest BCUT2D eigenvalue weighted by atomic mass is 16.5. The summed E-state index contributed by atoms with van der Waals surface area (Å²) in [5.41, 5.74) is 6.25. The Hall–Kier alpha value is -1.69. The van der Waals surface area contributed by atoms with Gasteiger partial charge in [0.1, 0.15) is 6.33 Å². The van der Waals surface area contributed by atoms with Crippen molar-refractivity contribution in [3.63, 3.8) is 0 Å². The maximum absolute atomic E-state index is 5.54. The smallest absolute Gasteiger partial charge is 0.255 e. The lowest BCUT2D eigenvalue weighted by molar-refractivity contribution is 0.293. The molecular weight excluding hydrogens is 194 g/mol. The van der Waals surface area contributed by atoms with Gasteiger partial charge in [-0.05, 0) is 19.9 Å². The lowest BCUT2D eigenvalue weighted by Gasteiger charge is -2.06. The molecule has 0 amide bonds. The standard InChI is InChI=1S/C9H13N5O/c1-7-5-8(15-4-2-3-10)14-9(13-7)11-6-12-14/h5-6H,2-4,10H2,1H3. The highest BCUT2D eigenvalue weighted by Gasteiger charge is 2.05. The first-order valence-electron chi connectivity index (χ1n) is 4.81. The van der Waals surface area contributed by atoms with Crippen LogP contribution in [-0.4, -0.2) is 32.7 Å². The van der Waals surface area contributed by atoms with Gasteiger partial charge in [0.25, 0.3) is 5.78 Å². The SMILES string of the molecule is Cc1cc(OCCCN)n2ncnc2n1. The zero-order valence-electron chi connectivity index (χ0n) is 8.55. The van der Waals surface area contributed by atoms with Crippen molar-refractivity contribution >= 4 is 5.78 Å². The van der Waals surface area contributed by atoms with Crippen LogP contribution < -0.4 is 10.5 Å². The Balaban J connectivity index is 2.27. The molecule has 0 saturated carbocycles. The summed E-state index contributed by atoms with van der Waals surface area (Å²) in [5.74, 6) is 1.21. The molecular formula is C9H13N5O. The molecule has 0 unspecified atom stereocenters. The molecule has 0 radical (unpaired) electrons. The quantitative estimate of drug-likeness (QED) is 0.722. The fourth-order valence-electron chi connectivity index (χ4n) is 1.26. The van der Waals surface area contributed by atoms with Gasteiger partial charge in [0.05, 0.1) is 6.61 Å².